The third-order valence-electron chi connectivity index (χ3n) is 2.79. The molecule has 0 spiro atoms. The standard InChI is InChI=1S/C12H8N6/c1-3-13-5-9-7(1)16-12(17-9)10-6-15-8-2-4-14-11(8)18-10/h1-6H,(H,14,18)(H,16,17). The average molecular weight is 236 g/mol. The van der Waals surface area contributed by atoms with Crippen molar-refractivity contribution in [3.8, 4) is 11.5 Å². The number of hydrogen-bond acceptors (Lipinski definition) is 4. The van der Waals surface area contributed by atoms with E-state index in [2.05, 4.69) is 29.9 Å². The molecule has 4 heterocycles. The molecule has 0 atom stereocenters. The van der Waals surface area contributed by atoms with Crippen LogP contribution in [0.5, 0.6) is 0 Å². The van der Waals surface area contributed by atoms with Gasteiger partial charge < -0.3 is 9.97 Å². The Bertz CT molecular complexity index is 811. The number of imidazole rings is 1. The summed E-state index contributed by atoms with van der Waals surface area (Å²) in [6.45, 7) is 0. The van der Waals surface area contributed by atoms with Crippen molar-refractivity contribution in [2.45, 2.75) is 0 Å². The zero-order valence-corrected chi connectivity index (χ0v) is 9.25. The minimum atomic E-state index is 0.696. The molecule has 4 aromatic heterocycles. The molecular formula is C12H8N6. The molecule has 0 radical (unpaired) electrons. The molecule has 0 amide bonds. The lowest BCUT2D eigenvalue weighted by atomic mass is 10.4. The van der Waals surface area contributed by atoms with Crippen LogP contribution in [-0.4, -0.2) is 29.9 Å². The monoisotopic (exact) mass is 236 g/mol. The van der Waals surface area contributed by atoms with Gasteiger partial charge in [0.2, 0.25) is 0 Å². The van der Waals surface area contributed by atoms with Gasteiger partial charge in [0, 0.05) is 12.4 Å². The lowest BCUT2D eigenvalue weighted by Crippen LogP contribution is -1.88. The van der Waals surface area contributed by atoms with E-state index in [-0.39, 0.29) is 0 Å². The zero-order chi connectivity index (χ0) is 11.9. The second-order valence-electron chi connectivity index (χ2n) is 3.94. The number of rotatable bonds is 1. The quantitative estimate of drug-likeness (QED) is 0.528. The smallest absolute Gasteiger partial charge is 0.158 e. The molecule has 0 fully saturated rings. The maximum absolute atomic E-state index is 4.47. The van der Waals surface area contributed by atoms with Crippen LogP contribution >= 0.6 is 0 Å². The highest BCUT2D eigenvalue weighted by Gasteiger charge is 2.08. The predicted octanol–water partition coefficient (Wildman–Crippen LogP) is 1.90. The van der Waals surface area contributed by atoms with Crippen LogP contribution in [0, 0.1) is 0 Å². The van der Waals surface area contributed by atoms with Crippen molar-refractivity contribution in [1.82, 2.24) is 29.9 Å². The van der Waals surface area contributed by atoms with E-state index < -0.39 is 0 Å². The summed E-state index contributed by atoms with van der Waals surface area (Å²) < 4.78 is 0. The average Bonchev–Trinajstić information content (AvgIpc) is 3.04. The number of aromatic amines is 2. The van der Waals surface area contributed by atoms with E-state index in [1.54, 1.807) is 18.6 Å². The number of aromatic nitrogens is 6. The Kier molecular flexibility index (Phi) is 1.74. The van der Waals surface area contributed by atoms with Gasteiger partial charge in [-0.2, -0.15) is 0 Å². The summed E-state index contributed by atoms with van der Waals surface area (Å²) in [6, 6.07) is 3.74. The summed E-state index contributed by atoms with van der Waals surface area (Å²) >= 11 is 0. The highest BCUT2D eigenvalue weighted by Crippen LogP contribution is 2.18. The summed E-state index contributed by atoms with van der Waals surface area (Å²) in [5.41, 5.74) is 4.07. The molecule has 18 heavy (non-hydrogen) atoms. The van der Waals surface area contributed by atoms with E-state index in [0.29, 0.717) is 11.5 Å². The van der Waals surface area contributed by atoms with Crippen molar-refractivity contribution in [3.05, 3.63) is 36.9 Å². The van der Waals surface area contributed by atoms with Crippen LogP contribution in [0.15, 0.2) is 36.9 Å². The molecule has 0 aliphatic carbocycles. The van der Waals surface area contributed by atoms with Crippen LogP contribution in [-0.2, 0) is 0 Å². The number of nitrogens with one attached hydrogen (secondary N) is 2. The molecule has 0 aliphatic heterocycles. The number of pyridine rings is 1. The van der Waals surface area contributed by atoms with Gasteiger partial charge in [0.1, 0.15) is 11.2 Å². The summed E-state index contributed by atoms with van der Waals surface area (Å²) in [7, 11) is 0. The van der Waals surface area contributed by atoms with Crippen LogP contribution in [0.25, 0.3) is 33.7 Å². The molecule has 0 aliphatic rings. The molecular weight excluding hydrogens is 228 g/mol. The largest absolute Gasteiger partial charge is 0.345 e. The van der Waals surface area contributed by atoms with Gasteiger partial charge in [-0.05, 0) is 12.1 Å². The molecule has 0 saturated carbocycles. The normalized spacial score (nSPS) is 11.3. The Balaban J connectivity index is 1.94. The topological polar surface area (TPSA) is 83.1 Å². The van der Waals surface area contributed by atoms with Gasteiger partial charge in [-0.1, -0.05) is 0 Å². The second-order valence-corrected chi connectivity index (χ2v) is 3.94. The van der Waals surface area contributed by atoms with Gasteiger partial charge in [0.05, 0.1) is 23.4 Å². The van der Waals surface area contributed by atoms with Crippen molar-refractivity contribution >= 4 is 22.2 Å². The van der Waals surface area contributed by atoms with E-state index in [0.717, 1.165) is 22.2 Å². The van der Waals surface area contributed by atoms with Crippen molar-refractivity contribution in [2.75, 3.05) is 0 Å². The second kappa shape index (κ2) is 3.36. The molecule has 0 saturated heterocycles. The molecule has 4 rings (SSSR count). The first-order chi connectivity index (χ1) is 8.90. The number of fused-ring (bicyclic) bond motifs is 2. The Hall–Kier alpha value is -2.76. The summed E-state index contributed by atoms with van der Waals surface area (Å²) in [4.78, 5) is 23.5. The number of nitrogens with zero attached hydrogens (tertiary/aromatic N) is 4. The van der Waals surface area contributed by atoms with E-state index in [1.165, 1.54) is 0 Å². The molecule has 86 valence electrons. The fraction of sp³-hybridized carbons (Fsp3) is 0. The van der Waals surface area contributed by atoms with Gasteiger partial charge >= 0.3 is 0 Å². The molecule has 4 aromatic rings. The number of H-pyrrole nitrogens is 2. The first-order valence-electron chi connectivity index (χ1n) is 5.50. The first kappa shape index (κ1) is 9.29. The van der Waals surface area contributed by atoms with Gasteiger partial charge in [-0.3, -0.25) is 9.97 Å². The molecule has 0 unspecified atom stereocenters. The van der Waals surface area contributed by atoms with E-state index in [1.807, 2.05) is 18.3 Å². The molecule has 2 N–H and O–H groups in total. The Morgan fingerprint density at radius 3 is 2.94 bits per heavy atom. The maximum atomic E-state index is 4.47. The highest BCUT2D eigenvalue weighted by atomic mass is 15.0. The third kappa shape index (κ3) is 1.29. The van der Waals surface area contributed by atoms with Crippen molar-refractivity contribution in [3.63, 3.8) is 0 Å². The fourth-order valence-corrected chi connectivity index (χ4v) is 1.92. The van der Waals surface area contributed by atoms with Crippen LogP contribution in [0.4, 0.5) is 0 Å². The fourth-order valence-electron chi connectivity index (χ4n) is 1.92. The van der Waals surface area contributed by atoms with Gasteiger partial charge in [0.25, 0.3) is 0 Å². The van der Waals surface area contributed by atoms with Crippen LogP contribution in [0.2, 0.25) is 0 Å². The minimum Gasteiger partial charge on any atom is -0.345 e. The molecule has 0 bridgehead atoms. The van der Waals surface area contributed by atoms with Crippen LogP contribution < -0.4 is 0 Å². The lowest BCUT2D eigenvalue weighted by molar-refractivity contribution is 1.21. The van der Waals surface area contributed by atoms with Gasteiger partial charge in [0.15, 0.2) is 11.5 Å². The van der Waals surface area contributed by atoms with Crippen molar-refractivity contribution in [1.29, 1.82) is 0 Å². The Morgan fingerprint density at radius 1 is 1.00 bits per heavy atom. The Morgan fingerprint density at radius 2 is 2.00 bits per heavy atom. The van der Waals surface area contributed by atoms with E-state index in [9.17, 15) is 0 Å². The van der Waals surface area contributed by atoms with E-state index in [4.69, 9.17) is 0 Å². The van der Waals surface area contributed by atoms with Crippen molar-refractivity contribution < 1.29 is 0 Å². The minimum absolute atomic E-state index is 0.696. The molecule has 6 nitrogen and oxygen atoms in total. The number of hydrogen-bond donors (Lipinski definition) is 2. The van der Waals surface area contributed by atoms with Gasteiger partial charge in [-0.15, -0.1) is 0 Å². The van der Waals surface area contributed by atoms with E-state index >= 15 is 0 Å². The highest BCUT2D eigenvalue weighted by molar-refractivity contribution is 5.79. The molecule has 6 heteroatoms. The predicted molar refractivity (Wildman–Crippen MR) is 66.8 cm³/mol. The Labute approximate surface area is 101 Å². The van der Waals surface area contributed by atoms with Crippen molar-refractivity contribution in [2.24, 2.45) is 0 Å². The van der Waals surface area contributed by atoms with Crippen LogP contribution in [0.3, 0.4) is 0 Å². The lowest BCUT2D eigenvalue weighted by Gasteiger charge is -1.94. The maximum Gasteiger partial charge on any atom is 0.158 e. The molecule has 0 aromatic carbocycles. The first-order valence-corrected chi connectivity index (χ1v) is 5.50. The zero-order valence-electron chi connectivity index (χ0n) is 9.25. The third-order valence-corrected chi connectivity index (χ3v) is 2.79. The van der Waals surface area contributed by atoms with Crippen LogP contribution in [0.1, 0.15) is 0 Å². The summed E-state index contributed by atoms with van der Waals surface area (Å²) in [6.07, 6.45) is 6.98. The summed E-state index contributed by atoms with van der Waals surface area (Å²) in [5.74, 6) is 0.696. The SMILES string of the molecule is c1cc2nc(-c3cnc4cc[nH]c4n3)[nH]c2cn1. The van der Waals surface area contributed by atoms with Gasteiger partial charge in [-0.25, -0.2) is 9.97 Å². The summed E-state index contributed by atoms with van der Waals surface area (Å²) in [5, 5.41) is 0.